The first-order valence-electron chi connectivity index (χ1n) is 8.23. The van der Waals surface area contributed by atoms with E-state index < -0.39 is 6.04 Å². The van der Waals surface area contributed by atoms with Crippen molar-refractivity contribution in [2.24, 2.45) is 5.73 Å². The van der Waals surface area contributed by atoms with Gasteiger partial charge in [0.1, 0.15) is 0 Å². The minimum atomic E-state index is -0.573. The van der Waals surface area contributed by atoms with Crippen LogP contribution >= 0.6 is 0 Å². The molecule has 0 radical (unpaired) electrons. The molecule has 6 heteroatoms. The van der Waals surface area contributed by atoms with E-state index in [1.54, 1.807) is 25.1 Å². The molecule has 1 aromatic carbocycles. The van der Waals surface area contributed by atoms with Crippen LogP contribution in [0.4, 0.5) is 11.4 Å². The summed E-state index contributed by atoms with van der Waals surface area (Å²) in [7, 11) is 0. The minimum absolute atomic E-state index is 0.0254. The highest BCUT2D eigenvalue weighted by molar-refractivity contribution is 5.96. The molecule has 1 aromatic rings. The maximum atomic E-state index is 12.2. The number of carbonyl (C=O) groups is 2. The Labute approximate surface area is 137 Å². The van der Waals surface area contributed by atoms with E-state index in [4.69, 9.17) is 5.73 Å². The van der Waals surface area contributed by atoms with Crippen LogP contribution in [-0.2, 0) is 9.59 Å². The molecule has 2 amide bonds. The van der Waals surface area contributed by atoms with Gasteiger partial charge in [-0.3, -0.25) is 14.5 Å². The first kappa shape index (κ1) is 17.4. The van der Waals surface area contributed by atoms with E-state index in [-0.39, 0.29) is 11.8 Å². The van der Waals surface area contributed by atoms with Gasteiger partial charge in [-0.15, -0.1) is 0 Å². The lowest BCUT2D eigenvalue weighted by Crippen LogP contribution is -2.34. The fraction of sp³-hybridized carbons (Fsp3) is 0.529. The summed E-state index contributed by atoms with van der Waals surface area (Å²) < 4.78 is 0. The van der Waals surface area contributed by atoms with E-state index in [0.717, 1.165) is 25.9 Å². The van der Waals surface area contributed by atoms with Gasteiger partial charge in [0.05, 0.1) is 12.6 Å². The summed E-state index contributed by atoms with van der Waals surface area (Å²) in [6, 6.07) is 6.53. The number of carbonyl (C=O) groups excluding carboxylic acids is 2. The average Bonchev–Trinajstić information content (AvgIpc) is 2.76. The Hall–Kier alpha value is -1.92. The molecular weight excluding hydrogens is 292 g/mol. The third kappa shape index (κ3) is 6.00. The van der Waals surface area contributed by atoms with Crippen LogP contribution in [0.3, 0.4) is 0 Å². The van der Waals surface area contributed by atoms with Gasteiger partial charge in [-0.1, -0.05) is 18.9 Å². The second kappa shape index (κ2) is 8.64. The zero-order valence-electron chi connectivity index (χ0n) is 13.7. The number of hydrogen-bond donors (Lipinski definition) is 3. The minimum Gasteiger partial charge on any atom is -0.325 e. The molecule has 0 saturated carbocycles. The summed E-state index contributed by atoms with van der Waals surface area (Å²) in [6.45, 7) is 4.01. The van der Waals surface area contributed by atoms with Crippen LogP contribution in [0.15, 0.2) is 24.3 Å². The number of likely N-dealkylation sites (tertiary alicyclic amines) is 1. The number of anilines is 2. The fourth-order valence-electron chi connectivity index (χ4n) is 2.63. The maximum Gasteiger partial charge on any atom is 0.240 e. The number of nitrogens with one attached hydrogen (secondary N) is 2. The average molecular weight is 318 g/mol. The third-order valence-corrected chi connectivity index (χ3v) is 3.89. The van der Waals surface area contributed by atoms with Crippen molar-refractivity contribution in [1.82, 2.24) is 4.90 Å². The Bertz CT molecular complexity index is 537. The second-order valence-corrected chi connectivity index (χ2v) is 6.10. The Morgan fingerprint density at radius 1 is 1.13 bits per heavy atom. The van der Waals surface area contributed by atoms with E-state index in [2.05, 4.69) is 15.5 Å². The zero-order valence-corrected chi connectivity index (χ0v) is 13.7. The van der Waals surface area contributed by atoms with Crippen LogP contribution in [0, 0.1) is 0 Å². The van der Waals surface area contributed by atoms with Crippen LogP contribution in [0.5, 0.6) is 0 Å². The molecular formula is C17H26N4O2. The van der Waals surface area contributed by atoms with Gasteiger partial charge >= 0.3 is 0 Å². The van der Waals surface area contributed by atoms with Crippen LogP contribution in [0.25, 0.3) is 0 Å². The number of nitrogens with zero attached hydrogens (tertiary/aromatic N) is 1. The van der Waals surface area contributed by atoms with Crippen molar-refractivity contribution in [1.29, 1.82) is 0 Å². The quantitative estimate of drug-likeness (QED) is 0.772. The molecule has 0 bridgehead atoms. The van der Waals surface area contributed by atoms with Crippen LogP contribution in [0.2, 0.25) is 0 Å². The lowest BCUT2D eigenvalue weighted by atomic mass is 10.2. The number of hydrogen-bond acceptors (Lipinski definition) is 4. The number of rotatable bonds is 5. The number of nitrogens with two attached hydrogens (primary N) is 1. The normalized spacial score (nSPS) is 17.1. The summed E-state index contributed by atoms with van der Waals surface area (Å²) in [4.78, 5) is 26.0. The van der Waals surface area contributed by atoms with Crippen molar-refractivity contribution in [3.8, 4) is 0 Å². The third-order valence-electron chi connectivity index (χ3n) is 3.89. The van der Waals surface area contributed by atoms with Crippen molar-refractivity contribution in [2.45, 2.75) is 38.6 Å². The van der Waals surface area contributed by atoms with Crippen LogP contribution < -0.4 is 16.4 Å². The molecule has 2 rings (SSSR count). The van der Waals surface area contributed by atoms with Gasteiger partial charge in [-0.2, -0.15) is 0 Å². The SMILES string of the molecule is CC(N)C(=O)Nc1cccc(NC(=O)CN2CCCCCC2)c1. The summed E-state index contributed by atoms with van der Waals surface area (Å²) in [5.41, 5.74) is 6.83. The van der Waals surface area contributed by atoms with Crippen molar-refractivity contribution in [3.05, 3.63) is 24.3 Å². The Morgan fingerprint density at radius 2 is 1.74 bits per heavy atom. The van der Waals surface area contributed by atoms with E-state index in [0.29, 0.717) is 17.9 Å². The maximum absolute atomic E-state index is 12.2. The van der Waals surface area contributed by atoms with Crippen molar-refractivity contribution < 1.29 is 9.59 Å². The van der Waals surface area contributed by atoms with Gasteiger partial charge in [-0.05, 0) is 51.1 Å². The first-order chi connectivity index (χ1) is 11.0. The highest BCUT2D eigenvalue weighted by Crippen LogP contribution is 2.16. The Balaban J connectivity index is 1.88. The van der Waals surface area contributed by atoms with Gasteiger partial charge in [0, 0.05) is 11.4 Å². The van der Waals surface area contributed by atoms with E-state index >= 15 is 0 Å². The molecule has 0 aromatic heterocycles. The van der Waals surface area contributed by atoms with Crippen molar-refractivity contribution in [2.75, 3.05) is 30.3 Å². The van der Waals surface area contributed by atoms with Gasteiger partial charge in [0.2, 0.25) is 11.8 Å². The lowest BCUT2D eigenvalue weighted by Gasteiger charge is -2.19. The number of benzene rings is 1. The number of amides is 2. The summed E-state index contributed by atoms with van der Waals surface area (Å²) in [5, 5.41) is 5.61. The summed E-state index contributed by atoms with van der Waals surface area (Å²) in [5.74, 6) is -0.277. The largest absolute Gasteiger partial charge is 0.325 e. The van der Waals surface area contributed by atoms with Crippen molar-refractivity contribution >= 4 is 23.2 Å². The van der Waals surface area contributed by atoms with Crippen LogP contribution in [-0.4, -0.2) is 42.4 Å². The molecule has 1 fully saturated rings. The molecule has 0 spiro atoms. The van der Waals surface area contributed by atoms with Gasteiger partial charge in [0.15, 0.2) is 0 Å². The summed E-state index contributed by atoms with van der Waals surface area (Å²) >= 11 is 0. The van der Waals surface area contributed by atoms with Crippen molar-refractivity contribution in [3.63, 3.8) is 0 Å². The summed E-state index contributed by atoms with van der Waals surface area (Å²) in [6.07, 6.45) is 4.82. The first-order valence-corrected chi connectivity index (χ1v) is 8.23. The van der Waals surface area contributed by atoms with Gasteiger partial charge in [-0.25, -0.2) is 0 Å². The second-order valence-electron chi connectivity index (χ2n) is 6.10. The molecule has 0 aliphatic carbocycles. The van der Waals surface area contributed by atoms with Gasteiger partial charge < -0.3 is 16.4 Å². The molecule has 1 aliphatic heterocycles. The topological polar surface area (TPSA) is 87.5 Å². The monoisotopic (exact) mass is 318 g/mol. The predicted molar refractivity (Wildman–Crippen MR) is 92.3 cm³/mol. The molecule has 1 aliphatic rings. The highest BCUT2D eigenvalue weighted by Gasteiger charge is 2.13. The van der Waals surface area contributed by atoms with Crippen LogP contribution in [0.1, 0.15) is 32.6 Å². The molecule has 4 N–H and O–H groups in total. The fourth-order valence-corrected chi connectivity index (χ4v) is 2.63. The standard InChI is InChI=1S/C17H26N4O2/c1-13(18)17(23)20-15-8-6-7-14(11-15)19-16(22)12-21-9-4-2-3-5-10-21/h6-8,11,13H,2-5,9-10,12,18H2,1H3,(H,19,22)(H,20,23). The molecule has 1 unspecified atom stereocenters. The van der Waals surface area contributed by atoms with E-state index in [1.807, 2.05) is 6.07 Å². The zero-order chi connectivity index (χ0) is 16.7. The molecule has 1 saturated heterocycles. The molecule has 23 heavy (non-hydrogen) atoms. The van der Waals surface area contributed by atoms with Gasteiger partial charge in [0.25, 0.3) is 0 Å². The Morgan fingerprint density at radius 3 is 2.35 bits per heavy atom. The van der Waals surface area contributed by atoms with E-state index in [9.17, 15) is 9.59 Å². The Kier molecular flexibility index (Phi) is 6.55. The smallest absolute Gasteiger partial charge is 0.240 e. The lowest BCUT2D eigenvalue weighted by molar-refractivity contribution is -0.117. The van der Waals surface area contributed by atoms with E-state index in [1.165, 1.54) is 12.8 Å². The predicted octanol–water partition coefficient (Wildman–Crippen LogP) is 1.79. The highest BCUT2D eigenvalue weighted by atomic mass is 16.2. The molecule has 6 nitrogen and oxygen atoms in total. The molecule has 1 heterocycles. The molecule has 1 atom stereocenters. The molecule has 126 valence electrons.